The van der Waals surface area contributed by atoms with Gasteiger partial charge in [0.1, 0.15) is 6.33 Å². The van der Waals surface area contributed by atoms with Crippen molar-refractivity contribution >= 4 is 11.9 Å². The van der Waals surface area contributed by atoms with Crippen molar-refractivity contribution in [2.75, 3.05) is 27.3 Å². The number of hydrogen-bond acceptors (Lipinski definition) is 6. The van der Waals surface area contributed by atoms with Gasteiger partial charge >= 0.3 is 5.97 Å². The molecule has 0 aromatic carbocycles. The number of likely N-dealkylation sites (tertiary alicyclic amines) is 1. The number of aliphatic carboxylic acids is 1. The molecule has 1 unspecified atom stereocenters. The van der Waals surface area contributed by atoms with Crippen LogP contribution in [0.2, 0.25) is 0 Å². The summed E-state index contributed by atoms with van der Waals surface area (Å²) in [6.07, 6.45) is 0.890. The van der Waals surface area contributed by atoms with Crippen LogP contribution in [0, 0.1) is 0 Å². The van der Waals surface area contributed by atoms with E-state index in [4.69, 9.17) is 14.6 Å². The molecular formula is C12H14FN3O5. The highest BCUT2D eigenvalue weighted by Crippen LogP contribution is 2.31. The summed E-state index contributed by atoms with van der Waals surface area (Å²) in [5.74, 6) is -2.25. The van der Waals surface area contributed by atoms with Gasteiger partial charge in [0.05, 0.1) is 20.8 Å². The number of aromatic nitrogens is 2. The number of halogens is 1. The average Bonchev–Trinajstić information content (AvgIpc) is 2.89. The molecule has 1 N–H and O–H groups in total. The summed E-state index contributed by atoms with van der Waals surface area (Å²) < 4.78 is 24.0. The molecule has 0 bridgehead atoms. The Hall–Kier alpha value is -2.45. The molecule has 9 heteroatoms. The van der Waals surface area contributed by atoms with E-state index < -0.39 is 24.1 Å². The number of rotatable bonds is 4. The number of methoxy groups -OCH3 is 2. The van der Waals surface area contributed by atoms with Gasteiger partial charge in [0.25, 0.3) is 5.91 Å². The van der Waals surface area contributed by atoms with Gasteiger partial charge in [-0.05, 0) is 0 Å². The molecule has 0 saturated carbocycles. The fourth-order valence-electron chi connectivity index (χ4n) is 2.13. The lowest BCUT2D eigenvalue weighted by Gasteiger charge is -2.19. The minimum absolute atomic E-state index is 0.0152. The molecule has 21 heavy (non-hydrogen) atoms. The van der Waals surface area contributed by atoms with Crippen molar-refractivity contribution in [2.45, 2.75) is 12.1 Å². The quantitative estimate of drug-likeness (QED) is 0.843. The maximum absolute atomic E-state index is 14.0. The molecule has 1 aromatic heterocycles. The normalized spacial score (nSPS) is 21.2. The van der Waals surface area contributed by atoms with E-state index in [0.717, 1.165) is 11.2 Å². The van der Waals surface area contributed by atoms with Crippen molar-refractivity contribution in [3.63, 3.8) is 0 Å². The van der Waals surface area contributed by atoms with Crippen LogP contribution < -0.4 is 9.47 Å². The van der Waals surface area contributed by atoms with Crippen LogP contribution in [0.5, 0.6) is 11.8 Å². The standard InChI is InChI=1S/C12H14FN3O5/c1-20-8-7(9(21-2)15-6-14-8)10(17)16-4-3-12(13,5-16)11(18)19/h6H,3-5H2,1-2H3,(H,18,19). The molecule has 8 nitrogen and oxygen atoms in total. The number of ether oxygens (including phenoxy) is 2. The summed E-state index contributed by atoms with van der Waals surface area (Å²) in [5, 5.41) is 8.86. The van der Waals surface area contributed by atoms with Crippen molar-refractivity contribution in [3.8, 4) is 11.8 Å². The topological polar surface area (TPSA) is 102 Å². The van der Waals surface area contributed by atoms with Gasteiger partial charge in [0, 0.05) is 13.0 Å². The van der Waals surface area contributed by atoms with Gasteiger partial charge in [0.15, 0.2) is 5.56 Å². The number of carbonyl (C=O) groups is 2. The van der Waals surface area contributed by atoms with Crippen molar-refractivity contribution in [1.29, 1.82) is 0 Å². The number of hydrogen-bond donors (Lipinski definition) is 1. The molecule has 1 amide bonds. The van der Waals surface area contributed by atoms with E-state index in [1.54, 1.807) is 0 Å². The number of carboxylic acid groups (broad SMARTS) is 1. The van der Waals surface area contributed by atoms with Gasteiger partial charge in [-0.2, -0.15) is 0 Å². The molecule has 0 radical (unpaired) electrons. The molecule has 0 spiro atoms. The van der Waals surface area contributed by atoms with Gasteiger partial charge < -0.3 is 19.5 Å². The van der Waals surface area contributed by atoms with Crippen LogP contribution in [0.1, 0.15) is 16.8 Å². The number of carboxylic acids is 1. The molecule has 1 saturated heterocycles. The first-order valence-corrected chi connectivity index (χ1v) is 6.07. The van der Waals surface area contributed by atoms with Gasteiger partial charge in [-0.3, -0.25) is 4.79 Å². The summed E-state index contributed by atoms with van der Waals surface area (Å²) in [6, 6.07) is 0. The second kappa shape index (κ2) is 5.51. The van der Waals surface area contributed by atoms with Crippen LogP contribution in [-0.4, -0.2) is 64.8 Å². The highest BCUT2D eigenvalue weighted by Gasteiger charge is 2.47. The lowest BCUT2D eigenvalue weighted by Crippen LogP contribution is -2.39. The van der Waals surface area contributed by atoms with Crippen molar-refractivity contribution in [1.82, 2.24) is 14.9 Å². The van der Waals surface area contributed by atoms with E-state index in [9.17, 15) is 14.0 Å². The lowest BCUT2D eigenvalue weighted by atomic mass is 10.1. The summed E-state index contributed by atoms with van der Waals surface area (Å²) >= 11 is 0. The molecule has 2 rings (SSSR count). The lowest BCUT2D eigenvalue weighted by molar-refractivity contribution is -0.149. The number of amides is 1. The molecular weight excluding hydrogens is 285 g/mol. The van der Waals surface area contributed by atoms with E-state index in [1.807, 2.05) is 0 Å². The monoisotopic (exact) mass is 299 g/mol. The first kappa shape index (κ1) is 14.9. The SMILES string of the molecule is COc1ncnc(OC)c1C(=O)N1CCC(F)(C(=O)O)C1. The van der Waals surface area contributed by atoms with Crippen LogP contribution >= 0.6 is 0 Å². The zero-order chi connectivity index (χ0) is 15.6. The number of carbonyl (C=O) groups excluding carboxylic acids is 1. The maximum Gasteiger partial charge on any atom is 0.343 e. The molecule has 0 aliphatic carbocycles. The smallest absolute Gasteiger partial charge is 0.343 e. The maximum atomic E-state index is 14.0. The van der Waals surface area contributed by atoms with Crippen molar-refractivity contribution in [2.24, 2.45) is 0 Å². The third kappa shape index (κ3) is 2.58. The van der Waals surface area contributed by atoms with Gasteiger partial charge in [-0.25, -0.2) is 19.2 Å². The molecule has 1 aliphatic rings. The Morgan fingerprint density at radius 1 is 1.33 bits per heavy atom. The fraction of sp³-hybridized carbons (Fsp3) is 0.500. The second-order valence-electron chi connectivity index (χ2n) is 4.51. The number of nitrogens with zero attached hydrogens (tertiary/aromatic N) is 3. The Morgan fingerprint density at radius 3 is 2.33 bits per heavy atom. The Morgan fingerprint density at radius 2 is 1.90 bits per heavy atom. The molecule has 2 heterocycles. The Kier molecular flexibility index (Phi) is 3.92. The Labute approximate surface area is 119 Å². The zero-order valence-electron chi connectivity index (χ0n) is 11.5. The summed E-state index contributed by atoms with van der Waals surface area (Å²) in [7, 11) is 2.64. The van der Waals surface area contributed by atoms with Crippen LogP contribution in [0.3, 0.4) is 0 Å². The largest absolute Gasteiger partial charge is 0.480 e. The Balaban J connectivity index is 2.32. The van der Waals surface area contributed by atoms with Crippen LogP contribution in [0.4, 0.5) is 4.39 Å². The highest BCUT2D eigenvalue weighted by atomic mass is 19.1. The first-order chi connectivity index (χ1) is 9.92. The molecule has 1 atom stereocenters. The predicted octanol–water partition coefficient (Wildman–Crippen LogP) is 0.133. The number of alkyl halides is 1. The van der Waals surface area contributed by atoms with E-state index in [2.05, 4.69) is 9.97 Å². The summed E-state index contributed by atoms with van der Waals surface area (Å²) in [4.78, 5) is 32.0. The predicted molar refractivity (Wildman–Crippen MR) is 67.1 cm³/mol. The van der Waals surface area contributed by atoms with E-state index in [-0.39, 0.29) is 30.3 Å². The first-order valence-electron chi connectivity index (χ1n) is 6.07. The third-order valence-corrected chi connectivity index (χ3v) is 3.27. The molecule has 114 valence electrons. The van der Waals surface area contributed by atoms with E-state index in [1.165, 1.54) is 14.2 Å². The van der Waals surface area contributed by atoms with Gasteiger partial charge in [0.2, 0.25) is 17.4 Å². The van der Waals surface area contributed by atoms with Crippen LogP contribution in [0.25, 0.3) is 0 Å². The minimum atomic E-state index is -2.44. The molecule has 1 aliphatic heterocycles. The van der Waals surface area contributed by atoms with Gasteiger partial charge in [-0.15, -0.1) is 0 Å². The van der Waals surface area contributed by atoms with Crippen LogP contribution in [0.15, 0.2) is 6.33 Å². The van der Waals surface area contributed by atoms with Gasteiger partial charge in [-0.1, -0.05) is 0 Å². The average molecular weight is 299 g/mol. The zero-order valence-corrected chi connectivity index (χ0v) is 11.5. The molecule has 1 aromatic rings. The second-order valence-corrected chi connectivity index (χ2v) is 4.51. The van der Waals surface area contributed by atoms with E-state index >= 15 is 0 Å². The van der Waals surface area contributed by atoms with E-state index in [0.29, 0.717) is 0 Å². The van der Waals surface area contributed by atoms with Crippen LogP contribution in [-0.2, 0) is 4.79 Å². The third-order valence-electron chi connectivity index (χ3n) is 3.27. The molecule has 1 fully saturated rings. The fourth-order valence-corrected chi connectivity index (χ4v) is 2.13. The van der Waals surface area contributed by atoms with Crippen molar-refractivity contribution in [3.05, 3.63) is 11.9 Å². The summed E-state index contributed by atoms with van der Waals surface area (Å²) in [6.45, 7) is -0.564. The Bertz CT molecular complexity index is 560. The van der Waals surface area contributed by atoms with Crippen molar-refractivity contribution < 1.29 is 28.6 Å². The summed E-state index contributed by atoms with van der Waals surface area (Å²) in [5.41, 5.74) is -2.50. The highest BCUT2D eigenvalue weighted by molar-refractivity contribution is 5.99. The minimum Gasteiger partial charge on any atom is -0.480 e.